The first kappa shape index (κ1) is 11.0. The van der Waals surface area contributed by atoms with Crippen molar-refractivity contribution in [2.45, 2.75) is 26.2 Å². The fraction of sp³-hybridized carbons (Fsp3) is 0.556. The predicted molar refractivity (Wildman–Crippen MR) is 62.5 cm³/mol. The lowest BCUT2D eigenvalue weighted by atomic mass is 10.2. The molecule has 4 nitrogen and oxygen atoms in total. The van der Waals surface area contributed by atoms with Crippen molar-refractivity contribution in [2.75, 3.05) is 11.9 Å². The quantitative estimate of drug-likeness (QED) is 0.495. The van der Waals surface area contributed by atoms with Gasteiger partial charge in [-0.25, -0.2) is 4.98 Å². The molecular formula is C9H16N4S. The zero-order valence-corrected chi connectivity index (χ0v) is 9.16. The van der Waals surface area contributed by atoms with Crippen LogP contribution in [0.4, 0.5) is 5.82 Å². The second-order valence-corrected chi connectivity index (χ2v) is 3.56. The third kappa shape index (κ3) is 2.99. The molecular weight excluding hydrogens is 196 g/mol. The first-order chi connectivity index (χ1) is 6.75. The van der Waals surface area contributed by atoms with Crippen molar-refractivity contribution in [1.29, 1.82) is 0 Å². The Bertz CT molecular complexity index is 295. The second kappa shape index (κ2) is 5.59. The van der Waals surface area contributed by atoms with Crippen LogP contribution in [0.2, 0.25) is 0 Å². The van der Waals surface area contributed by atoms with Gasteiger partial charge in [0.25, 0.3) is 0 Å². The zero-order valence-electron chi connectivity index (χ0n) is 8.34. The predicted octanol–water partition coefficient (Wildman–Crippen LogP) is 1.65. The number of rotatable bonds is 6. The van der Waals surface area contributed by atoms with Gasteiger partial charge >= 0.3 is 0 Å². The van der Waals surface area contributed by atoms with Crippen molar-refractivity contribution in [3.63, 3.8) is 0 Å². The number of unbranched alkanes of at least 4 members (excludes halogenated alkanes) is 2. The lowest BCUT2D eigenvalue weighted by molar-refractivity contribution is 0.742. The van der Waals surface area contributed by atoms with Gasteiger partial charge in [0.2, 0.25) is 0 Å². The van der Waals surface area contributed by atoms with E-state index < -0.39 is 0 Å². The van der Waals surface area contributed by atoms with Crippen molar-refractivity contribution >= 4 is 23.0 Å². The van der Waals surface area contributed by atoms with Crippen LogP contribution in [0.25, 0.3) is 0 Å². The Labute approximate surface area is 89.3 Å². The van der Waals surface area contributed by atoms with Crippen LogP contribution >= 0.6 is 12.2 Å². The van der Waals surface area contributed by atoms with E-state index in [1.54, 1.807) is 6.33 Å². The highest BCUT2D eigenvalue weighted by Crippen LogP contribution is 2.09. The summed E-state index contributed by atoms with van der Waals surface area (Å²) in [5.74, 6) is 0.758. The summed E-state index contributed by atoms with van der Waals surface area (Å²) in [4.78, 5) is 7.35. The number of thiocarbonyl (C=S) groups is 1. The molecule has 1 aromatic rings. The summed E-state index contributed by atoms with van der Waals surface area (Å²) < 4.78 is 0. The number of imidazole rings is 1. The monoisotopic (exact) mass is 212 g/mol. The van der Waals surface area contributed by atoms with E-state index in [1.807, 2.05) is 0 Å². The molecule has 0 aliphatic carbocycles. The van der Waals surface area contributed by atoms with Crippen molar-refractivity contribution in [2.24, 2.45) is 5.73 Å². The Hall–Kier alpha value is -1.10. The number of aromatic amines is 1. The molecule has 0 unspecified atom stereocenters. The van der Waals surface area contributed by atoms with E-state index in [1.165, 1.54) is 12.8 Å². The SMILES string of the molecule is CCCCCNc1nc[nH]c1C(N)=S. The van der Waals surface area contributed by atoms with E-state index in [2.05, 4.69) is 22.2 Å². The van der Waals surface area contributed by atoms with Crippen LogP contribution in [0.15, 0.2) is 6.33 Å². The highest BCUT2D eigenvalue weighted by atomic mass is 32.1. The maximum Gasteiger partial charge on any atom is 0.154 e. The average molecular weight is 212 g/mol. The molecule has 0 amide bonds. The largest absolute Gasteiger partial charge is 0.388 e. The minimum Gasteiger partial charge on any atom is -0.388 e. The Balaban J connectivity index is 2.42. The molecule has 0 aromatic carbocycles. The van der Waals surface area contributed by atoms with Crippen LogP contribution in [-0.4, -0.2) is 21.5 Å². The van der Waals surface area contributed by atoms with Crippen LogP contribution in [0.1, 0.15) is 31.9 Å². The molecule has 0 aliphatic rings. The summed E-state index contributed by atoms with van der Waals surface area (Å²) in [6.07, 6.45) is 5.17. The molecule has 1 aromatic heterocycles. The number of aromatic nitrogens is 2. The van der Waals surface area contributed by atoms with Crippen molar-refractivity contribution < 1.29 is 0 Å². The number of anilines is 1. The fourth-order valence-corrected chi connectivity index (χ4v) is 1.35. The van der Waals surface area contributed by atoms with Gasteiger partial charge in [0.1, 0.15) is 10.7 Å². The first-order valence-corrected chi connectivity index (χ1v) is 5.23. The molecule has 1 rings (SSSR count). The maximum atomic E-state index is 5.51. The molecule has 0 atom stereocenters. The molecule has 78 valence electrons. The maximum absolute atomic E-state index is 5.51. The smallest absolute Gasteiger partial charge is 0.154 e. The van der Waals surface area contributed by atoms with Gasteiger partial charge < -0.3 is 16.0 Å². The zero-order chi connectivity index (χ0) is 10.4. The van der Waals surface area contributed by atoms with E-state index in [-0.39, 0.29) is 0 Å². The molecule has 0 fully saturated rings. The Morgan fingerprint density at radius 2 is 2.43 bits per heavy atom. The second-order valence-electron chi connectivity index (χ2n) is 3.12. The summed E-state index contributed by atoms with van der Waals surface area (Å²) in [7, 11) is 0. The third-order valence-corrected chi connectivity index (χ3v) is 2.16. The van der Waals surface area contributed by atoms with Gasteiger partial charge in [0.15, 0.2) is 5.82 Å². The van der Waals surface area contributed by atoms with Crippen LogP contribution < -0.4 is 11.1 Å². The van der Waals surface area contributed by atoms with Gasteiger partial charge in [-0.2, -0.15) is 0 Å². The Morgan fingerprint density at radius 3 is 3.07 bits per heavy atom. The normalized spacial score (nSPS) is 10.1. The summed E-state index contributed by atoms with van der Waals surface area (Å²) in [6, 6.07) is 0. The van der Waals surface area contributed by atoms with E-state index in [4.69, 9.17) is 18.0 Å². The molecule has 0 aliphatic heterocycles. The van der Waals surface area contributed by atoms with Gasteiger partial charge in [-0.05, 0) is 6.42 Å². The van der Waals surface area contributed by atoms with Crippen LogP contribution in [0.3, 0.4) is 0 Å². The van der Waals surface area contributed by atoms with Gasteiger partial charge in [-0.15, -0.1) is 0 Å². The number of H-pyrrole nitrogens is 1. The van der Waals surface area contributed by atoms with Gasteiger partial charge in [0.05, 0.1) is 6.33 Å². The standard InChI is InChI=1S/C9H16N4S/c1-2-3-4-5-11-9-7(8(10)14)12-6-13-9/h6,11H,2-5H2,1H3,(H2,10,14)(H,12,13). The number of hydrogen-bond acceptors (Lipinski definition) is 3. The molecule has 0 radical (unpaired) electrons. The van der Waals surface area contributed by atoms with E-state index in [0.717, 1.165) is 24.5 Å². The van der Waals surface area contributed by atoms with Crippen molar-refractivity contribution in [3.8, 4) is 0 Å². The molecule has 0 saturated heterocycles. The van der Waals surface area contributed by atoms with Crippen molar-refractivity contribution in [3.05, 3.63) is 12.0 Å². The van der Waals surface area contributed by atoms with Crippen LogP contribution in [-0.2, 0) is 0 Å². The molecule has 5 heteroatoms. The highest BCUT2D eigenvalue weighted by molar-refractivity contribution is 7.80. The van der Waals surface area contributed by atoms with Gasteiger partial charge in [-0.1, -0.05) is 32.0 Å². The minimum atomic E-state index is 0.348. The highest BCUT2D eigenvalue weighted by Gasteiger charge is 2.06. The Kier molecular flexibility index (Phi) is 4.39. The average Bonchev–Trinajstić information content (AvgIpc) is 2.60. The topological polar surface area (TPSA) is 66.7 Å². The lowest BCUT2D eigenvalue weighted by Crippen LogP contribution is -2.13. The van der Waals surface area contributed by atoms with E-state index in [9.17, 15) is 0 Å². The molecule has 0 bridgehead atoms. The van der Waals surface area contributed by atoms with Crippen molar-refractivity contribution in [1.82, 2.24) is 9.97 Å². The molecule has 0 spiro atoms. The number of nitrogens with zero attached hydrogens (tertiary/aromatic N) is 1. The molecule has 14 heavy (non-hydrogen) atoms. The molecule has 0 saturated carbocycles. The molecule has 4 N–H and O–H groups in total. The van der Waals surface area contributed by atoms with Gasteiger partial charge in [-0.3, -0.25) is 0 Å². The first-order valence-electron chi connectivity index (χ1n) is 4.82. The van der Waals surface area contributed by atoms with E-state index >= 15 is 0 Å². The number of nitrogens with one attached hydrogen (secondary N) is 2. The van der Waals surface area contributed by atoms with E-state index in [0.29, 0.717) is 4.99 Å². The Morgan fingerprint density at radius 1 is 1.64 bits per heavy atom. The van der Waals surface area contributed by atoms with Gasteiger partial charge in [0, 0.05) is 6.54 Å². The minimum absolute atomic E-state index is 0.348. The number of hydrogen-bond donors (Lipinski definition) is 3. The fourth-order valence-electron chi connectivity index (χ4n) is 1.20. The van der Waals surface area contributed by atoms with Crippen LogP contribution in [0.5, 0.6) is 0 Å². The summed E-state index contributed by atoms with van der Waals surface area (Å²) in [6.45, 7) is 3.09. The van der Waals surface area contributed by atoms with Crippen LogP contribution in [0, 0.1) is 0 Å². The summed E-state index contributed by atoms with van der Waals surface area (Å²) in [5, 5.41) is 3.20. The lowest BCUT2D eigenvalue weighted by Gasteiger charge is -2.04. The summed E-state index contributed by atoms with van der Waals surface area (Å²) in [5.41, 5.74) is 6.23. The third-order valence-electron chi connectivity index (χ3n) is 1.96. The summed E-state index contributed by atoms with van der Waals surface area (Å²) >= 11 is 4.87. The number of nitrogens with two attached hydrogens (primary N) is 1. The molecule has 1 heterocycles.